The summed E-state index contributed by atoms with van der Waals surface area (Å²) in [6.45, 7) is 1.87. The highest BCUT2D eigenvalue weighted by Gasteiger charge is 2.15. The van der Waals surface area contributed by atoms with E-state index in [-0.39, 0.29) is 0 Å². The van der Waals surface area contributed by atoms with E-state index in [1.54, 1.807) is 12.1 Å². The monoisotopic (exact) mass is 361 g/mol. The first-order chi connectivity index (χ1) is 13.7. The topological polar surface area (TPSA) is 67.4 Å². The van der Waals surface area contributed by atoms with Gasteiger partial charge >= 0.3 is 0 Å². The molecule has 0 amide bonds. The molecule has 0 bridgehead atoms. The van der Waals surface area contributed by atoms with Crippen molar-refractivity contribution in [3.8, 4) is 23.4 Å². The largest absolute Gasteiger partial charge is 0.278 e. The lowest BCUT2D eigenvalue weighted by molar-refractivity contribution is 0.907. The molecule has 5 nitrogen and oxygen atoms in total. The number of hydrogen-bond donors (Lipinski definition) is 0. The maximum absolute atomic E-state index is 9.02. The number of nitriles is 1. The Bertz CT molecular complexity index is 1320. The lowest BCUT2D eigenvalue weighted by atomic mass is 10.1. The van der Waals surface area contributed by atoms with Crippen molar-refractivity contribution in [2.24, 2.45) is 0 Å². The summed E-state index contributed by atoms with van der Waals surface area (Å²) >= 11 is 0. The van der Waals surface area contributed by atoms with Gasteiger partial charge in [0.1, 0.15) is 5.82 Å². The summed E-state index contributed by atoms with van der Waals surface area (Å²) in [6, 6.07) is 25.9. The second kappa shape index (κ2) is 6.29. The molecule has 0 saturated heterocycles. The molecule has 5 aromatic rings. The van der Waals surface area contributed by atoms with Crippen molar-refractivity contribution >= 4 is 21.8 Å². The van der Waals surface area contributed by atoms with Gasteiger partial charge in [-0.15, -0.1) is 0 Å². The molecule has 5 rings (SSSR count). The summed E-state index contributed by atoms with van der Waals surface area (Å²) in [4.78, 5) is 13.9. The third-order valence-corrected chi connectivity index (χ3v) is 4.79. The molecule has 0 radical (unpaired) electrons. The van der Waals surface area contributed by atoms with Gasteiger partial charge < -0.3 is 0 Å². The maximum Gasteiger partial charge on any atom is 0.238 e. The summed E-state index contributed by atoms with van der Waals surface area (Å²) in [5.41, 5.74) is 3.57. The highest BCUT2D eigenvalue weighted by Crippen LogP contribution is 2.31. The summed E-state index contributed by atoms with van der Waals surface area (Å²) in [5, 5.41) is 11.3. The summed E-state index contributed by atoms with van der Waals surface area (Å²) in [6.07, 6.45) is 0. The van der Waals surface area contributed by atoms with Crippen LogP contribution < -0.4 is 0 Å². The molecule has 0 aliphatic rings. The molecule has 0 aliphatic heterocycles. The molecular formula is C23H15N5. The number of nitrogens with zero attached hydrogens (tertiary/aromatic N) is 5. The highest BCUT2D eigenvalue weighted by molar-refractivity contribution is 6.08. The van der Waals surface area contributed by atoms with Gasteiger partial charge in [-0.05, 0) is 43.3 Å². The van der Waals surface area contributed by atoms with Gasteiger partial charge in [0.2, 0.25) is 5.95 Å². The molecule has 0 spiro atoms. The smallest absolute Gasteiger partial charge is 0.238 e. The first-order valence-electron chi connectivity index (χ1n) is 8.96. The first-order valence-corrected chi connectivity index (χ1v) is 8.96. The molecule has 0 fully saturated rings. The average Bonchev–Trinajstić information content (AvgIpc) is 3.08. The Hall–Kier alpha value is -4.04. The lowest BCUT2D eigenvalue weighted by Crippen LogP contribution is -2.06. The van der Waals surface area contributed by atoms with Crippen LogP contribution >= 0.6 is 0 Å². The van der Waals surface area contributed by atoms with E-state index in [0.29, 0.717) is 23.2 Å². The van der Waals surface area contributed by atoms with Crippen LogP contribution in [0.2, 0.25) is 0 Å². The van der Waals surface area contributed by atoms with Gasteiger partial charge in [0.15, 0.2) is 5.82 Å². The Labute approximate surface area is 161 Å². The number of fused-ring (bicyclic) bond motifs is 3. The van der Waals surface area contributed by atoms with E-state index in [1.165, 1.54) is 0 Å². The van der Waals surface area contributed by atoms with Gasteiger partial charge in [-0.25, -0.2) is 4.98 Å². The number of para-hydroxylation sites is 2. The van der Waals surface area contributed by atoms with Crippen molar-refractivity contribution in [2.45, 2.75) is 6.92 Å². The summed E-state index contributed by atoms with van der Waals surface area (Å²) in [5.74, 6) is 1.82. The third-order valence-electron chi connectivity index (χ3n) is 4.79. The van der Waals surface area contributed by atoms with Gasteiger partial charge in [-0.3, -0.25) is 4.57 Å². The Kier molecular flexibility index (Phi) is 3.63. The standard InChI is InChI=1S/C23H15N5/c1-15-25-22(17-12-10-16(14-24)11-13-17)27-23(26-15)28-20-8-4-2-6-18(20)19-7-3-5-9-21(19)28/h2-13H,1H3. The van der Waals surface area contributed by atoms with E-state index in [2.05, 4.69) is 44.9 Å². The SMILES string of the molecule is Cc1nc(-c2ccc(C#N)cc2)nc(-n2c3ccccc3c3ccccc32)n1. The quantitative estimate of drug-likeness (QED) is 0.452. The second-order valence-corrected chi connectivity index (χ2v) is 6.57. The van der Waals surface area contributed by atoms with Crippen LogP contribution in [-0.2, 0) is 0 Å². The van der Waals surface area contributed by atoms with E-state index in [4.69, 9.17) is 10.2 Å². The molecule has 0 unspecified atom stereocenters. The minimum atomic E-state index is 0.587. The van der Waals surface area contributed by atoms with E-state index >= 15 is 0 Å². The molecule has 5 heteroatoms. The zero-order valence-corrected chi connectivity index (χ0v) is 15.2. The summed E-state index contributed by atoms with van der Waals surface area (Å²) < 4.78 is 2.08. The molecule has 2 heterocycles. The van der Waals surface area contributed by atoms with Crippen molar-refractivity contribution in [3.05, 3.63) is 84.2 Å². The Morgan fingerprint density at radius 2 is 1.36 bits per heavy atom. The number of rotatable bonds is 2. The molecule has 3 aromatic carbocycles. The van der Waals surface area contributed by atoms with Crippen LogP contribution in [0.1, 0.15) is 11.4 Å². The van der Waals surface area contributed by atoms with Gasteiger partial charge in [-0.1, -0.05) is 36.4 Å². The zero-order valence-electron chi connectivity index (χ0n) is 15.2. The van der Waals surface area contributed by atoms with Crippen LogP contribution in [0, 0.1) is 18.3 Å². The predicted molar refractivity (Wildman–Crippen MR) is 109 cm³/mol. The van der Waals surface area contributed by atoms with Gasteiger partial charge in [0.05, 0.1) is 22.7 Å². The van der Waals surface area contributed by atoms with Crippen LogP contribution in [0.3, 0.4) is 0 Å². The molecule has 0 saturated carbocycles. The molecule has 2 aromatic heterocycles. The van der Waals surface area contributed by atoms with Gasteiger partial charge in [-0.2, -0.15) is 15.2 Å². The molecule has 0 atom stereocenters. The van der Waals surface area contributed by atoms with Crippen molar-refractivity contribution in [2.75, 3.05) is 0 Å². The highest BCUT2D eigenvalue weighted by atomic mass is 15.2. The zero-order chi connectivity index (χ0) is 19.1. The van der Waals surface area contributed by atoms with Crippen molar-refractivity contribution in [1.82, 2.24) is 19.5 Å². The number of hydrogen-bond acceptors (Lipinski definition) is 4. The Morgan fingerprint density at radius 3 is 1.96 bits per heavy atom. The predicted octanol–water partition coefficient (Wildman–Crippen LogP) is 4.82. The van der Waals surface area contributed by atoms with Gasteiger partial charge in [0.25, 0.3) is 0 Å². The van der Waals surface area contributed by atoms with E-state index in [9.17, 15) is 0 Å². The number of benzene rings is 3. The molecular weight excluding hydrogens is 346 g/mol. The summed E-state index contributed by atoms with van der Waals surface area (Å²) in [7, 11) is 0. The normalized spacial score (nSPS) is 11.0. The van der Waals surface area contributed by atoms with Crippen molar-refractivity contribution in [3.63, 3.8) is 0 Å². The van der Waals surface area contributed by atoms with E-state index in [1.807, 2.05) is 43.3 Å². The van der Waals surface area contributed by atoms with Crippen LogP contribution in [0.25, 0.3) is 39.1 Å². The molecule has 0 N–H and O–H groups in total. The van der Waals surface area contributed by atoms with Crippen molar-refractivity contribution in [1.29, 1.82) is 5.26 Å². The molecule has 132 valence electrons. The fraction of sp³-hybridized carbons (Fsp3) is 0.0435. The second-order valence-electron chi connectivity index (χ2n) is 6.57. The minimum absolute atomic E-state index is 0.587. The van der Waals surface area contributed by atoms with Crippen LogP contribution in [0.15, 0.2) is 72.8 Å². The van der Waals surface area contributed by atoms with Crippen LogP contribution in [0.5, 0.6) is 0 Å². The van der Waals surface area contributed by atoms with Crippen molar-refractivity contribution < 1.29 is 0 Å². The van der Waals surface area contributed by atoms with Gasteiger partial charge in [0, 0.05) is 16.3 Å². The average molecular weight is 361 g/mol. The lowest BCUT2D eigenvalue weighted by Gasteiger charge is -2.09. The Balaban J connectivity index is 1.78. The fourth-order valence-corrected chi connectivity index (χ4v) is 3.53. The molecule has 0 aliphatic carbocycles. The van der Waals surface area contributed by atoms with E-state index < -0.39 is 0 Å². The maximum atomic E-state index is 9.02. The van der Waals surface area contributed by atoms with Crippen LogP contribution in [-0.4, -0.2) is 19.5 Å². The minimum Gasteiger partial charge on any atom is -0.278 e. The third kappa shape index (κ3) is 2.51. The number of aryl methyl sites for hydroxylation is 1. The van der Waals surface area contributed by atoms with Crippen LogP contribution in [0.4, 0.5) is 0 Å². The Morgan fingerprint density at radius 1 is 0.750 bits per heavy atom. The number of aromatic nitrogens is 4. The first kappa shape index (κ1) is 16.2. The fourth-order valence-electron chi connectivity index (χ4n) is 3.53. The molecule has 28 heavy (non-hydrogen) atoms. The van der Waals surface area contributed by atoms with E-state index in [0.717, 1.165) is 27.4 Å².